The summed E-state index contributed by atoms with van der Waals surface area (Å²) in [5, 5.41) is 8.08. The molecule has 1 aromatic carbocycles. The van der Waals surface area contributed by atoms with Crippen LogP contribution in [0.4, 0.5) is 4.39 Å². The average molecular weight is 420 g/mol. The smallest absolute Gasteiger partial charge is 0.274 e. The van der Waals surface area contributed by atoms with Gasteiger partial charge in [-0.15, -0.1) is 12.4 Å². The van der Waals surface area contributed by atoms with Crippen LogP contribution in [-0.4, -0.2) is 70.8 Å². The van der Waals surface area contributed by atoms with E-state index in [-0.39, 0.29) is 24.1 Å². The predicted molar refractivity (Wildman–Crippen MR) is 112 cm³/mol. The number of rotatable bonds is 3. The fourth-order valence-corrected chi connectivity index (χ4v) is 4.83. The summed E-state index contributed by atoms with van der Waals surface area (Å²) in [6.45, 7) is 5.76. The van der Waals surface area contributed by atoms with E-state index in [1.165, 1.54) is 12.1 Å². The van der Waals surface area contributed by atoms with Gasteiger partial charge in [0.25, 0.3) is 5.91 Å². The van der Waals surface area contributed by atoms with Crippen molar-refractivity contribution in [3.05, 3.63) is 47.0 Å². The molecule has 29 heavy (non-hydrogen) atoms. The number of carbonyl (C=O) groups is 1. The Hall–Kier alpha value is -1.96. The summed E-state index contributed by atoms with van der Waals surface area (Å²) in [6, 6.07) is 6.80. The third-order valence-corrected chi connectivity index (χ3v) is 6.32. The first-order chi connectivity index (χ1) is 13.7. The van der Waals surface area contributed by atoms with Gasteiger partial charge in [-0.25, -0.2) is 9.07 Å². The lowest BCUT2D eigenvalue weighted by Crippen LogP contribution is -2.49. The summed E-state index contributed by atoms with van der Waals surface area (Å²) >= 11 is 0. The molecule has 0 bridgehead atoms. The first-order valence-electron chi connectivity index (χ1n) is 10.3. The Bertz CT molecular complexity index is 878. The molecule has 1 aromatic heterocycles. The van der Waals surface area contributed by atoms with Crippen LogP contribution in [0.25, 0.3) is 5.69 Å². The Morgan fingerprint density at radius 1 is 1.10 bits per heavy atom. The lowest BCUT2D eigenvalue weighted by molar-refractivity contribution is 0.0766. The van der Waals surface area contributed by atoms with Crippen molar-refractivity contribution >= 4 is 18.3 Å². The zero-order valence-corrected chi connectivity index (χ0v) is 17.3. The summed E-state index contributed by atoms with van der Waals surface area (Å²) in [5.41, 5.74) is 3.60. The highest BCUT2D eigenvalue weighted by Gasteiger charge is 2.35. The molecule has 1 N–H and O–H groups in total. The first-order valence-corrected chi connectivity index (χ1v) is 10.3. The van der Waals surface area contributed by atoms with Gasteiger partial charge < -0.3 is 10.2 Å². The number of aromatic nitrogens is 2. The van der Waals surface area contributed by atoms with Gasteiger partial charge in [-0.1, -0.05) is 0 Å². The largest absolute Gasteiger partial charge is 0.336 e. The molecular weight excluding hydrogens is 393 g/mol. The Kier molecular flexibility index (Phi) is 5.90. The van der Waals surface area contributed by atoms with Gasteiger partial charge in [0.15, 0.2) is 5.69 Å². The van der Waals surface area contributed by atoms with E-state index in [1.54, 1.807) is 12.1 Å². The molecule has 3 heterocycles. The molecule has 156 valence electrons. The Morgan fingerprint density at radius 2 is 1.86 bits per heavy atom. The lowest BCUT2D eigenvalue weighted by Gasteiger charge is -2.32. The zero-order valence-electron chi connectivity index (χ0n) is 16.4. The number of amides is 1. The molecule has 5 rings (SSSR count). The highest BCUT2D eigenvalue weighted by Crippen LogP contribution is 2.29. The van der Waals surface area contributed by atoms with E-state index in [4.69, 9.17) is 5.10 Å². The van der Waals surface area contributed by atoms with Gasteiger partial charge in [-0.2, -0.15) is 5.10 Å². The fourth-order valence-electron chi connectivity index (χ4n) is 4.83. The van der Waals surface area contributed by atoms with E-state index in [1.807, 2.05) is 9.58 Å². The SMILES string of the molecule is Cl.O=C(c1nn(-c2ccc(F)cc2)c2c1CCC2)N1CCC(N2CCNCC2)C1. The van der Waals surface area contributed by atoms with Crippen molar-refractivity contribution in [1.29, 1.82) is 0 Å². The maximum absolute atomic E-state index is 13.3. The lowest BCUT2D eigenvalue weighted by atomic mass is 10.2. The van der Waals surface area contributed by atoms with Gasteiger partial charge >= 0.3 is 0 Å². The van der Waals surface area contributed by atoms with Gasteiger partial charge in [0.2, 0.25) is 0 Å². The number of hydrogen-bond donors (Lipinski definition) is 1. The van der Waals surface area contributed by atoms with Crippen molar-refractivity contribution in [1.82, 2.24) is 24.9 Å². The van der Waals surface area contributed by atoms with Crippen molar-refractivity contribution in [3.8, 4) is 5.69 Å². The number of benzene rings is 1. The number of fused-ring (bicyclic) bond motifs is 1. The molecule has 0 radical (unpaired) electrons. The standard InChI is InChI=1S/C21H26FN5O.ClH/c22-15-4-6-16(7-5-15)27-19-3-1-2-18(19)20(24-27)21(28)26-11-8-17(14-26)25-12-9-23-10-13-25;/h4-7,17,23H,1-3,8-14H2;1H. The second-order valence-electron chi connectivity index (χ2n) is 8.00. The van der Waals surface area contributed by atoms with Crippen LogP contribution in [0.5, 0.6) is 0 Å². The second kappa shape index (κ2) is 8.42. The summed E-state index contributed by atoms with van der Waals surface area (Å²) in [7, 11) is 0. The van der Waals surface area contributed by atoms with E-state index < -0.39 is 0 Å². The van der Waals surface area contributed by atoms with Gasteiger partial charge in [0.05, 0.1) is 5.69 Å². The molecule has 1 unspecified atom stereocenters. The molecule has 2 fully saturated rings. The molecule has 1 atom stereocenters. The minimum Gasteiger partial charge on any atom is -0.336 e. The molecule has 8 heteroatoms. The Labute approximate surface area is 176 Å². The van der Waals surface area contributed by atoms with Crippen LogP contribution < -0.4 is 5.32 Å². The maximum atomic E-state index is 13.3. The molecular formula is C21H27ClFN5O. The summed E-state index contributed by atoms with van der Waals surface area (Å²) in [4.78, 5) is 17.8. The Morgan fingerprint density at radius 3 is 2.62 bits per heavy atom. The minimum atomic E-state index is -0.264. The summed E-state index contributed by atoms with van der Waals surface area (Å²) in [5.74, 6) is -0.212. The number of piperazine rings is 1. The third-order valence-electron chi connectivity index (χ3n) is 6.32. The molecule has 2 aromatic rings. The number of halogens is 2. The normalized spacial score (nSPS) is 21.8. The number of carbonyl (C=O) groups excluding carboxylic acids is 1. The maximum Gasteiger partial charge on any atom is 0.274 e. The van der Waals surface area contributed by atoms with Crippen LogP contribution in [0, 0.1) is 5.82 Å². The van der Waals surface area contributed by atoms with Crippen LogP contribution in [0.3, 0.4) is 0 Å². The Balaban J connectivity index is 0.00000205. The number of likely N-dealkylation sites (tertiary alicyclic amines) is 1. The third kappa shape index (κ3) is 3.79. The quantitative estimate of drug-likeness (QED) is 0.827. The topological polar surface area (TPSA) is 53.4 Å². The van der Waals surface area contributed by atoms with Crippen LogP contribution in [0.2, 0.25) is 0 Å². The van der Waals surface area contributed by atoms with Crippen LogP contribution in [-0.2, 0) is 12.8 Å². The van der Waals surface area contributed by atoms with Gasteiger partial charge in [0, 0.05) is 56.6 Å². The second-order valence-corrected chi connectivity index (χ2v) is 8.00. The molecule has 6 nitrogen and oxygen atoms in total. The number of nitrogens with zero attached hydrogens (tertiary/aromatic N) is 4. The number of hydrogen-bond acceptors (Lipinski definition) is 4. The van der Waals surface area contributed by atoms with E-state index >= 15 is 0 Å². The zero-order chi connectivity index (χ0) is 19.1. The van der Waals surface area contributed by atoms with Crippen LogP contribution >= 0.6 is 12.4 Å². The summed E-state index contributed by atoms with van der Waals surface area (Å²) in [6.07, 6.45) is 3.88. The molecule has 1 aliphatic carbocycles. The molecule has 2 saturated heterocycles. The van der Waals surface area contributed by atoms with E-state index in [2.05, 4.69) is 10.2 Å². The molecule has 0 spiro atoms. The monoisotopic (exact) mass is 419 g/mol. The highest BCUT2D eigenvalue weighted by molar-refractivity contribution is 5.94. The van der Waals surface area contributed by atoms with E-state index in [0.717, 1.165) is 81.9 Å². The van der Waals surface area contributed by atoms with Crippen LogP contribution in [0.1, 0.15) is 34.6 Å². The van der Waals surface area contributed by atoms with Gasteiger partial charge in [-0.3, -0.25) is 9.69 Å². The first kappa shape index (κ1) is 20.3. The highest BCUT2D eigenvalue weighted by atomic mass is 35.5. The van der Waals surface area contributed by atoms with Crippen molar-refractivity contribution in [3.63, 3.8) is 0 Å². The van der Waals surface area contributed by atoms with Gasteiger partial charge in [-0.05, 0) is 49.9 Å². The van der Waals surface area contributed by atoms with Crippen molar-refractivity contribution in [2.45, 2.75) is 31.7 Å². The molecule has 1 amide bonds. The summed E-state index contributed by atoms with van der Waals surface area (Å²) < 4.78 is 15.2. The average Bonchev–Trinajstić information content (AvgIpc) is 3.45. The molecule has 2 aliphatic heterocycles. The molecule has 3 aliphatic rings. The number of nitrogens with one attached hydrogen (secondary N) is 1. The van der Waals surface area contributed by atoms with Gasteiger partial charge in [0.1, 0.15) is 5.82 Å². The van der Waals surface area contributed by atoms with Crippen molar-refractivity contribution < 1.29 is 9.18 Å². The van der Waals surface area contributed by atoms with Crippen molar-refractivity contribution in [2.75, 3.05) is 39.3 Å². The minimum absolute atomic E-state index is 0. The van der Waals surface area contributed by atoms with E-state index in [9.17, 15) is 9.18 Å². The predicted octanol–water partition coefficient (Wildman–Crippen LogP) is 2.04. The van der Waals surface area contributed by atoms with E-state index in [0.29, 0.717) is 11.7 Å². The fraction of sp³-hybridized carbons (Fsp3) is 0.524. The van der Waals surface area contributed by atoms with Crippen LogP contribution in [0.15, 0.2) is 24.3 Å². The molecule has 0 saturated carbocycles. The van der Waals surface area contributed by atoms with Crippen molar-refractivity contribution in [2.24, 2.45) is 0 Å².